The zero-order chi connectivity index (χ0) is 14.0. The van der Waals surface area contributed by atoms with Crippen LogP contribution in [0.25, 0.3) is 0 Å². The fraction of sp³-hybridized carbons (Fsp3) is 0.500. The molecule has 1 heterocycles. The number of nitrogens with zero attached hydrogens (tertiary/aromatic N) is 2. The summed E-state index contributed by atoms with van der Waals surface area (Å²) >= 11 is 0. The largest absolute Gasteiger partial charge is 0.368 e. The minimum absolute atomic E-state index is 0.0291. The van der Waals surface area contributed by atoms with Crippen LogP contribution in [0, 0.1) is 10.1 Å². The Morgan fingerprint density at radius 1 is 1.42 bits per heavy atom. The molecule has 0 aromatic heterocycles. The number of nitro groups is 1. The number of piperidine rings is 1. The Morgan fingerprint density at radius 3 is 2.74 bits per heavy atom. The van der Waals surface area contributed by atoms with E-state index < -0.39 is 4.92 Å². The first-order chi connectivity index (χ1) is 9.00. The first kappa shape index (κ1) is 13.5. The Labute approximate surface area is 112 Å². The fourth-order valence-corrected chi connectivity index (χ4v) is 2.63. The molecule has 0 spiro atoms. The molecule has 5 heteroatoms. The molecule has 0 N–H and O–H groups in total. The summed E-state index contributed by atoms with van der Waals surface area (Å²) in [5.41, 5.74) is 1.24. The minimum atomic E-state index is -0.462. The van der Waals surface area contributed by atoms with Gasteiger partial charge in [-0.15, -0.1) is 0 Å². The van der Waals surface area contributed by atoms with Crippen LogP contribution >= 0.6 is 0 Å². The van der Waals surface area contributed by atoms with Crippen molar-refractivity contribution < 1.29 is 9.72 Å². The lowest BCUT2D eigenvalue weighted by atomic mass is 9.99. The van der Waals surface area contributed by atoms with E-state index in [1.165, 1.54) is 25.5 Å². The standard InChI is InChI=1S/C14H18N2O3/c1-10-5-3-4-8-15(10)14-7-6-12(16(18)19)9-13(14)11(2)17/h6-7,9-10H,3-5,8H2,1-2H3. The molecule has 1 aromatic rings. The average Bonchev–Trinajstić information content (AvgIpc) is 2.38. The molecular formula is C14H18N2O3. The van der Waals surface area contributed by atoms with Crippen LogP contribution in [0.4, 0.5) is 11.4 Å². The monoisotopic (exact) mass is 262 g/mol. The lowest BCUT2D eigenvalue weighted by Crippen LogP contribution is -2.38. The van der Waals surface area contributed by atoms with Gasteiger partial charge in [-0.3, -0.25) is 14.9 Å². The maximum atomic E-state index is 11.7. The molecule has 0 saturated carbocycles. The van der Waals surface area contributed by atoms with Crippen molar-refractivity contribution in [3.63, 3.8) is 0 Å². The molecule has 1 fully saturated rings. The smallest absolute Gasteiger partial charge is 0.270 e. The van der Waals surface area contributed by atoms with Crippen LogP contribution in [0.2, 0.25) is 0 Å². The second-order valence-electron chi connectivity index (χ2n) is 5.05. The van der Waals surface area contributed by atoms with Crippen molar-refractivity contribution >= 4 is 17.2 Å². The van der Waals surface area contributed by atoms with E-state index in [1.807, 2.05) is 0 Å². The van der Waals surface area contributed by atoms with Gasteiger partial charge in [-0.05, 0) is 39.2 Å². The molecule has 1 aromatic carbocycles. The fourth-order valence-electron chi connectivity index (χ4n) is 2.63. The third-order valence-corrected chi connectivity index (χ3v) is 3.68. The lowest BCUT2D eigenvalue weighted by molar-refractivity contribution is -0.384. The zero-order valence-electron chi connectivity index (χ0n) is 11.3. The summed E-state index contributed by atoms with van der Waals surface area (Å²) in [6.45, 7) is 4.49. The van der Waals surface area contributed by atoms with Gasteiger partial charge in [0.15, 0.2) is 5.78 Å². The van der Waals surface area contributed by atoms with Crippen molar-refractivity contribution in [2.45, 2.75) is 39.2 Å². The Morgan fingerprint density at radius 2 is 2.16 bits per heavy atom. The summed E-state index contributed by atoms with van der Waals surface area (Å²) in [5, 5.41) is 10.8. The van der Waals surface area contributed by atoms with Gasteiger partial charge < -0.3 is 4.90 Å². The van der Waals surface area contributed by atoms with Crippen LogP contribution < -0.4 is 4.90 Å². The van der Waals surface area contributed by atoms with Gasteiger partial charge in [-0.2, -0.15) is 0 Å². The second-order valence-corrected chi connectivity index (χ2v) is 5.05. The second kappa shape index (κ2) is 5.38. The molecule has 0 amide bonds. The van der Waals surface area contributed by atoms with E-state index in [0.29, 0.717) is 11.6 Å². The highest BCUT2D eigenvalue weighted by Crippen LogP contribution is 2.30. The summed E-state index contributed by atoms with van der Waals surface area (Å²) in [4.78, 5) is 24.3. The molecule has 102 valence electrons. The summed E-state index contributed by atoms with van der Waals surface area (Å²) in [6, 6.07) is 4.94. The first-order valence-corrected chi connectivity index (χ1v) is 6.56. The van der Waals surface area contributed by atoms with Crippen LogP contribution in [0.15, 0.2) is 18.2 Å². The number of ketones is 1. The van der Waals surface area contributed by atoms with Gasteiger partial charge >= 0.3 is 0 Å². The predicted octanol–water partition coefficient (Wildman–Crippen LogP) is 3.18. The van der Waals surface area contributed by atoms with Crippen LogP contribution in [0.1, 0.15) is 43.5 Å². The summed E-state index contributed by atoms with van der Waals surface area (Å²) in [7, 11) is 0. The topological polar surface area (TPSA) is 63.4 Å². The third-order valence-electron chi connectivity index (χ3n) is 3.68. The van der Waals surface area contributed by atoms with Gasteiger partial charge in [0.2, 0.25) is 0 Å². The maximum absolute atomic E-state index is 11.7. The SMILES string of the molecule is CC(=O)c1cc([N+](=O)[O-])ccc1N1CCCCC1C. The number of carbonyl (C=O) groups is 1. The molecule has 0 bridgehead atoms. The molecule has 0 aliphatic carbocycles. The van der Waals surface area contributed by atoms with Crippen molar-refractivity contribution in [2.75, 3.05) is 11.4 Å². The highest BCUT2D eigenvalue weighted by atomic mass is 16.6. The van der Waals surface area contributed by atoms with E-state index in [9.17, 15) is 14.9 Å². The van der Waals surface area contributed by atoms with E-state index in [2.05, 4.69) is 11.8 Å². The van der Waals surface area contributed by atoms with Gasteiger partial charge in [0.05, 0.1) is 4.92 Å². The summed E-state index contributed by atoms with van der Waals surface area (Å²) in [5.74, 6) is -0.128. The molecule has 1 atom stereocenters. The number of anilines is 1. The molecule has 1 unspecified atom stereocenters. The molecule has 0 radical (unpaired) electrons. The number of hydrogen-bond donors (Lipinski definition) is 0. The van der Waals surface area contributed by atoms with Crippen molar-refractivity contribution in [3.05, 3.63) is 33.9 Å². The van der Waals surface area contributed by atoms with E-state index in [1.54, 1.807) is 6.07 Å². The Hall–Kier alpha value is -1.91. The quantitative estimate of drug-likeness (QED) is 0.477. The minimum Gasteiger partial charge on any atom is -0.368 e. The van der Waals surface area contributed by atoms with E-state index in [-0.39, 0.29) is 11.5 Å². The normalized spacial score (nSPS) is 19.3. The number of hydrogen-bond acceptors (Lipinski definition) is 4. The van der Waals surface area contributed by atoms with Gasteiger partial charge in [0.25, 0.3) is 5.69 Å². The highest BCUT2D eigenvalue weighted by Gasteiger charge is 2.23. The van der Waals surface area contributed by atoms with E-state index in [0.717, 1.165) is 25.1 Å². The van der Waals surface area contributed by atoms with Crippen LogP contribution in [-0.2, 0) is 0 Å². The first-order valence-electron chi connectivity index (χ1n) is 6.56. The molecule has 2 rings (SSSR count). The van der Waals surface area contributed by atoms with Crippen molar-refractivity contribution in [1.29, 1.82) is 0 Å². The maximum Gasteiger partial charge on any atom is 0.270 e. The number of nitro benzene ring substituents is 1. The van der Waals surface area contributed by atoms with Crippen molar-refractivity contribution in [2.24, 2.45) is 0 Å². The average molecular weight is 262 g/mol. The van der Waals surface area contributed by atoms with Crippen LogP contribution in [0.3, 0.4) is 0 Å². The van der Waals surface area contributed by atoms with Crippen LogP contribution in [0.5, 0.6) is 0 Å². The van der Waals surface area contributed by atoms with Crippen molar-refractivity contribution in [3.8, 4) is 0 Å². The third kappa shape index (κ3) is 2.75. The van der Waals surface area contributed by atoms with Gasteiger partial charge in [-0.1, -0.05) is 0 Å². The molecule has 1 aliphatic rings. The molecule has 1 aliphatic heterocycles. The van der Waals surface area contributed by atoms with Crippen LogP contribution in [-0.4, -0.2) is 23.3 Å². The zero-order valence-corrected chi connectivity index (χ0v) is 11.3. The van der Waals surface area contributed by atoms with Gasteiger partial charge in [0, 0.05) is 36.0 Å². The number of rotatable bonds is 3. The summed E-state index contributed by atoms with van der Waals surface area (Å²) in [6.07, 6.45) is 3.38. The molecule has 5 nitrogen and oxygen atoms in total. The lowest BCUT2D eigenvalue weighted by Gasteiger charge is -2.36. The van der Waals surface area contributed by atoms with E-state index in [4.69, 9.17) is 0 Å². The Bertz CT molecular complexity index is 513. The molecular weight excluding hydrogens is 244 g/mol. The Balaban J connectivity index is 2.44. The van der Waals surface area contributed by atoms with Crippen molar-refractivity contribution in [1.82, 2.24) is 0 Å². The Kier molecular flexibility index (Phi) is 3.83. The number of carbonyl (C=O) groups excluding carboxylic acids is 1. The highest BCUT2D eigenvalue weighted by molar-refractivity contribution is 6.00. The van der Waals surface area contributed by atoms with Gasteiger partial charge in [-0.25, -0.2) is 0 Å². The number of benzene rings is 1. The number of Topliss-reactive ketones (excluding diaryl/α,β-unsaturated/α-hetero) is 1. The summed E-state index contributed by atoms with van der Waals surface area (Å²) < 4.78 is 0. The molecule has 19 heavy (non-hydrogen) atoms. The number of non-ortho nitro benzene ring substituents is 1. The van der Waals surface area contributed by atoms with Gasteiger partial charge in [0.1, 0.15) is 0 Å². The molecule has 1 saturated heterocycles. The van der Waals surface area contributed by atoms with E-state index >= 15 is 0 Å². The predicted molar refractivity (Wildman–Crippen MR) is 73.8 cm³/mol.